The van der Waals surface area contributed by atoms with Crippen LogP contribution in [0.2, 0.25) is 0 Å². The van der Waals surface area contributed by atoms with Crippen LogP contribution in [-0.2, 0) is 22.8 Å². The second-order valence-corrected chi connectivity index (χ2v) is 7.96. The summed E-state index contributed by atoms with van der Waals surface area (Å²) in [6.45, 7) is 2.37. The number of nitrogen functional groups attached to an aromatic ring is 1. The summed E-state index contributed by atoms with van der Waals surface area (Å²) in [6.07, 6.45) is 5.36. The average Bonchev–Trinajstić information content (AvgIpc) is 3.02. The van der Waals surface area contributed by atoms with Gasteiger partial charge in [-0.15, -0.1) is 0 Å². The lowest BCUT2D eigenvalue weighted by atomic mass is 10.0. The third-order valence-electron chi connectivity index (χ3n) is 5.40. The first-order valence-corrected chi connectivity index (χ1v) is 11.0. The first-order chi connectivity index (χ1) is 16.5. The molecule has 0 atom stereocenters. The van der Waals surface area contributed by atoms with Gasteiger partial charge in [-0.25, -0.2) is 10.1 Å². The Labute approximate surface area is 198 Å². The van der Waals surface area contributed by atoms with Gasteiger partial charge in [-0.05, 0) is 54.0 Å². The summed E-state index contributed by atoms with van der Waals surface area (Å²) >= 11 is 0. The van der Waals surface area contributed by atoms with Crippen molar-refractivity contribution in [3.8, 4) is 11.1 Å². The third kappa shape index (κ3) is 5.31. The number of nitrogens with zero attached hydrogens (tertiary/aromatic N) is 3. The van der Waals surface area contributed by atoms with E-state index in [2.05, 4.69) is 9.98 Å². The molecule has 0 bridgehead atoms. The fraction of sp³-hybridized carbons (Fsp3) is 0.192. The summed E-state index contributed by atoms with van der Waals surface area (Å²) in [5.74, 6) is 0.0651. The van der Waals surface area contributed by atoms with Gasteiger partial charge in [0.05, 0.1) is 25.4 Å². The second-order valence-electron chi connectivity index (χ2n) is 7.96. The highest BCUT2D eigenvalue weighted by Gasteiger charge is 2.23. The van der Waals surface area contributed by atoms with E-state index in [-0.39, 0.29) is 25.5 Å². The van der Waals surface area contributed by atoms with E-state index in [9.17, 15) is 9.90 Å². The van der Waals surface area contributed by atoms with Gasteiger partial charge in [0.15, 0.2) is 0 Å². The molecule has 0 spiro atoms. The number of amides is 1. The minimum Gasteiger partial charge on any atom is -0.399 e. The quantitative estimate of drug-likeness (QED) is 0.368. The Kier molecular flexibility index (Phi) is 7.01. The highest BCUT2D eigenvalue weighted by molar-refractivity contribution is 6.05. The highest BCUT2D eigenvalue weighted by atomic mass is 16.7. The Balaban J connectivity index is 1.64. The summed E-state index contributed by atoms with van der Waals surface area (Å²) in [5, 5.41) is 10.7. The van der Waals surface area contributed by atoms with Gasteiger partial charge in [-0.2, -0.15) is 0 Å². The summed E-state index contributed by atoms with van der Waals surface area (Å²) in [4.78, 5) is 27.8. The van der Waals surface area contributed by atoms with Crippen LogP contribution >= 0.6 is 0 Å². The number of benzene rings is 2. The van der Waals surface area contributed by atoms with E-state index < -0.39 is 0 Å². The third-order valence-corrected chi connectivity index (χ3v) is 5.40. The van der Waals surface area contributed by atoms with Crippen LogP contribution in [0.4, 0.5) is 11.4 Å². The maximum Gasteiger partial charge on any atom is 0.274 e. The van der Waals surface area contributed by atoms with Gasteiger partial charge in [0.2, 0.25) is 0 Å². The van der Waals surface area contributed by atoms with Crippen LogP contribution in [0.15, 0.2) is 71.5 Å². The highest BCUT2D eigenvalue weighted by Crippen LogP contribution is 2.32. The van der Waals surface area contributed by atoms with Crippen LogP contribution in [0.3, 0.4) is 0 Å². The number of pyridine rings is 1. The summed E-state index contributed by atoms with van der Waals surface area (Å²) in [6, 6.07) is 14.9. The summed E-state index contributed by atoms with van der Waals surface area (Å²) < 4.78 is 0. The molecule has 1 aliphatic heterocycles. The molecule has 8 heteroatoms. The molecule has 4 rings (SSSR count). The van der Waals surface area contributed by atoms with Gasteiger partial charge in [0.25, 0.3) is 5.91 Å². The molecular formula is C26H27N5O3. The van der Waals surface area contributed by atoms with Crippen molar-refractivity contribution >= 4 is 29.2 Å². The number of nitrogens with two attached hydrogens (primary N) is 2. The van der Waals surface area contributed by atoms with E-state index in [1.165, 1.54) is 5.06 Å². The van der Waals surface area contributed by atoms with Crippen LogP contribution in [0, 0.1) is 0 Å². The molecule has 174 valence electrons. The molecule has 0 radical (unpaired) electrons. The molecule has 8 nitrogen and oxygen atoms in total. The minimum atomic E-state index is -0.270. The number of rotatable bonds is 7. The molecule has 1 amide bonds. The first-order valence-electron chi connectivity index (χ1n) is 11.0. The number of aliphatic hydroxyl groups is 1. The minimum absolute atomic E-state index is 0.0855. The van der Waals surface area contributed by atoms with Crippen molar-refractivity contribution in [1.29, 1.82) is 0 Å². The number of aromatic nitrogens is 1. The van der Waals surface area contributed by atoms with E-state index in [0.29, 0.717) is 29.4 Å². The molecule has 0 fully saturated rings. The van der Waals surface area contributed by atoms with Crippen molar-refractivity contribution in [2.45, 2.75) is 26.5 Å². The standard InChI is InChI=1S/C26H27N5O3/c1-2-34-31(15-17-3-7-23(27)8-4-17)26(33)21-10-20-6-5-19(11-24(20)30-25(28)12-21)22-9-18(16-32)13-29-14-22/h3-11,13-14,32H,2,12,15-16,27H2,1H3,(H2,28,30). The van der Waals surface area contributed by atoms with Gasteiger partial charge in [0.1, 0.15) is 5.84 Å². The molecule has 0 unspecified atom stereocenters. The van der Waals surface area contributed by atoms with Crippen LogP contribution in [-0.4, -0.2) is 33.5 Å². The number of aliphatic hydroxyl groups excluding tert-OH is 1. The molecule has 2 heterocycles. The normalized spacial score (nSPS) is 12.9. The first kappa shape index (κ1) is 23.2. The lowest BCUT2D eigenvalue weighted by molar-refractivity contribution is -0.184. The lowest BCUT2D eigenvalue weighted by Gasteiger charge is -2.22. The number of carbonyl (C=O) groups excluding carboxylic acids is 1. The van der Waals surface area contributed by atoms with Gasteiger partial charge in [0, 0.05) is 41.2 Å². The molecule has 0 saturated heterocycles. The lowest BCUT2D eigenvalue weighted by Crippen LogP contribution is -2.33. The Morgan fingerprint density at radius 3 is 2.59 bits per heavy atom. The Bertz CT molecular complexity index is 1250. The zero-order chi connectivity index (χ0) is 24.1. The van der Waals surface area contributed by atoms with Crippen LogP contribution in [0.25, 0.3) is 17.2 Å². The second kappa shape index (κ2) is 10.3. The monoisotopic (exact) mass is 457 g/mol. The molecule has 2 aromatic carbocycles. The van der Waals surface area contributed by atoms with Crippen LogP contribution < -0.4 is 11.5 Å². The van der Waals surface area contributed by atoms with E-state index in [0.717, 1.165) is 27.8 Å². The Hall–Kier alpha value is -4.01. The van der Waals surface area contributed by atoms with Gasteiger partial charge in [-0.3, -0.25) is 14.6 Å². The fourth-order valence-corrected chi connectivity index (χ4v) is 3.72. The SMILES string of the molecule is CCON(Cc1ccc(N)cc1)C(=O)C1=Cc2ccc(-c3cncc(CO)c3)cc2N=C(N)C1. The molecule has 1 aromatic heterocycles. The predicted octanol–water partition coefficient (Wildman–Crippen LogP) is 3.58. The Morgan fingerprint density at radius 2 is 1.85 bits per heavy atom. The van der Waals surface area contributed by atoms with Crippen molar-refractivity contribution in [1.82, 2.24) is 10.0 Å². The Morgan fingerprint density at radius 1 is 1.06 bits per heavy atom. The predicted molar refractivity (Wildman–Crippen MR) is 133 cm³/mol. The molecule has 5 N–H and O–H groups in total. The molecule has 3 aromatic rings. The van der Waals surface area contributed by atoms with Crippen molar-refractivity contribution in [3.05, 3.63) is 83.2 Å². The molecule has 1 aliphatic rings. The number of anilines is 1. The zero-order valence-corrected chi connectivity index (χ0v) is 18.9. The van der Waals surface area contributed by atoms with Gasteiger partial charge >= 0.3 is 0 Å². The largest absolute Gasteiger partial charge is 0.399 e. The van der Waals surface area contributed by atoms with E-state index in [1.54, 1.807) is 24.5 Å². The number of carbonyl (C=O) groups is 1. The number of hydrogen-bond donors (Lipinski definition) is 3. The topological polar surface area (TPSA) is 127 Å². The molecule has 0 saturated carbocycles. The van der Waals surface area contributed by atoms with Gasteiger partial charge in [-0.1, -0.05) is 24.3 Å². The summed E-state index contributed by atoms with van der Waals surface area (Å²) in [7, 11) is 0. The number of hydroxylamine groups is 2. The number of fused-ring (bicyclic) bond motifs is 1. The number of amidine groups is 1. The van der Waals surface area contributed by atoms with Crippen molar-refractivity contribution in [2.75, 3.05) is 12.3 Å². The van der Waals surface area contributed by atoms with Crippen LogP contribution in [0.1, 0.15) is 30.0 Å². The number of aliphatic imine (C=N–C) groups is 1. The smallest absolute Gasteiger partial charge is 0.274 e. The molecule has 0 aliphatic carbocycles. The number of hydrogen-bond acceptors (Lipinski definition) is 7. The fourth-order valence-electron chi connectivity index (χ4n) is 3.72. The zero-order valence-electron chi connectivity index (χ0n) is 18.9. The van der Waals surface area contributed by atoms with Gasteiger partial charge < -0.3 is 16.6 Å². The van der Waals surface area contributed by atoms with E-state index in [4.69, 9.17) is 16.3 Å². The molecular weight excluding hydrogens is 430 g/mol. The molecule has 34 heavy (non-hydrogen) atoms. The maximum atomic E-state index is 13.4. The summed E-state index contributed by atoms with van der Waals surface area (Å²) in [5.41, 5.74) is 17.9. The van der Waals surface area contributed by atoms with E-state index >= 15 is 0 Å². The van der Waals surface area contributed by atoms with Crippen molar-refractivity contribution < 1.29 is 14.7 Å². The van der Waals surface area contributed by atoms with E-state index in [1.807, 2.05) is 49.4 Å². The van der Waals surface area contributed by atoms with Crippen LogP contribution in [0.5, 0.6) is 0 Å². The van der Waals surface area contributed by atoms with Crippen molar-refractivity contribution in [3.63, 3.8) is 0 Å². The maximum absolute atomic E-state index is 13.4. The van der Waals surface area contributed by atoms with Crippen molar-refractivity contribution in [2.24, 2.45) is 10.7 Å². The average molecular weight is 458 g/mol.